The summed E-state index contributed by atoms with van der Waals surface area (Å²) in [6, 6.07) is 17.5. The second kappa shape index (κ2) is 6.62. The van der Waals surface area contributed by atoms with Crippen molar-refractivity contribution in [1.82, 2.24) is 5.16 Å². The minimum atomic E-state index is -0.824. The van der Waals surface area contributed by atoms with Crippen molar-refractivity contribution < 1.29 is 18.1 Å². The number of hydrogen-bond donors (Lipinski definition) is 0. The van der Waals surface area contributed by atoms with Crippen molar-refractivity contribution in [2.45, 2.75) is 13.0 Å². The van der Waals surface area contributed by atoms with Crippen molar-refractivity contribution in [1.29, 1.82) is 0 Å². The molecule has 0 saturated carbocycles. The molecule has 1 aliphatic rings. The topological polar surface area (TPSA) is 76.6 Å². The number of benzene rings is 3. The third-order valence-corrected chi connectivity index (χ3v) is 5.81. The number of amides is 1. The first-order chi connectivity index (χ1) is 15.5. The zero-order chi connectivity index (χ0) is 22.0. The molecule has 32 heavy (non-hydrogen) atoms. The molecular formula is C25H15FN2O4. The molecule has 156 valence electrons. The lowest BCUT2D eigenvalue weighted by atomic mass is 9.97. The van der Waals surface area contributed by atoms with E-state index in [1.54, 1.807) is 31.2 Å². The lowest BCUT2D eigenvalue weighted by Crippen LogP contribution is -2.29. The van der Waals surface area contributed by atoms with Crippen LogP contribution < -0.4 is 10.3 Å². The molecule has 5 aromatic rings. The average Bonchev–Trinajstić information content (AvgIpc) is 3.35. The molecule has 2 aromatic heterocycles. The average molecular weight is 426 g/mol. The normalized spacial score (nSPS) is 15.6. The molecule has 6 rings (SSSR count). The standard InChI is InChI=1S/C25H15FN2O4/c1-13-12-19(27-32-13)28-21(15-6-9-16(26)10-7-15)20-22(29)18-11-8-14-4-2-3-5-17(14)23(18)31-24(20)25(28)30/h2-12,21H,1H3/t21-/m1/s1. The molecule has 0 radical (unpaired) electrons. The Morgan fingerprint density at radius 2 is 1.75 bits per heavy atom. The van der Waals surface area contributed by atoms with Crippen LogP contribution in [-0.4, -0.2) is 11.1 Å². The van der Waals surface area contributed by atoms with Crippen LogP contribution in [0.15, 0.2) is 80.5 Å². The minimum Gasteiger partial charge on any atom is -0.450 e. The van der Waals surface area contributed by atoms with Crippen molar-refractivity contribution in [3.8, 4) is 0 Å². The van der Waals surface area contributed by atoms with Crippen LogP contribution in [0, 0.1) is 12.7 Å². The minimum absolute atomic E-state index is 0.0474. The highest BCUT2D eigenvalue weighted by Gasteiger charge is 2.45. The predicted molar refractivity (Wildman–Crippen MR) is 116 cm³/mol. The molecule has 7 heteroatoms. The van der Waals surface area contributed by atoms with Crippen LogP contribution in [0.25, 0.3) is 21.7 Å². The van der Waals surface area contributed by atoms with Crippen molar-refractivity contribution in [2.75, 3.05) is 4.90 Å². The van der Waals surface area contributed by atoms with Gasteiger partial charge in [-0.25, -0.2) is 4.39 Å². The first kappa shape index (κ1) is 18.5. The van der Waals surface area contributed by atoms with Gasteiger partial charge in [-0.3, -0.25) is 14.5 Å². The number of halogens is 1. The van der Waals surface area contributed by atoms with Crippen molar-refractivity contribution in [3.05, 3.63) is 105 Å². The van der Waals surface area contributed by atoms with E-state index >= 15 is 0 Å². The lowest BCUT2D eigenvalue weighted by molar-refractivity contribution is 0.0969. The summed E-state index contributed by atoms with van der Waals surface area (Å²) >= 11 is 0. The van der Waals surface area contributed by atoms with E-state index in [9.17, 15) is 14.0 Å². The van der Waals surface area contributed by atoms with Gasteiger partial charge < -0.3 is 8.94 Å². The summed E-state index contributed by atoms with van der Waals surface area (Å²) in [5.74, 6) is -0.207. The highest BCUT2D eigenvalue weighted by molar-refractivity contribution is 6.12. The quantitative estimate of drug-likeness (QED) is 0.366. The van der Waals surface area contributed by atoms with Crippen LogP contribution in [0.4, 0.5) is 10.2 Å². The molecule has 1 aliphatic heterocycles. The van der Waals surface area contributed by atoms with Crippen LogP contribution in [0.5, 0.6) is 0 Å². The maximum atomic E-state index is 13.7. The molecular weight excluding hydrogens is 411 g/mol. The van der Waals surface area contributed by atoms with E-state index in [0.29, 0.717) is 22.3 Å². The SMILES string of the molecule is Cc1cc(N2C(=O)c3oc4c(ccc5ccccc54)c(=O)c3[C@H]2c2ccc(F)cc2)no1. The van der Waals surface area contributed by atoms with Gasteiger partial charge >= 0.3 is 0 Å². The summed E-state index contributed by atoms with van der Waals surface area (Å²) in [6.45, 7) is 1.71. The Morgan fingerprint density at radius 1 is 0.969 bits per heavy atom. The summed E-state index contributed by atoms with van der Waals surface area (Å²) in [4.78, 5) is 28.6. The Hall–Kier alpha value is -4.26. The number of hydrogen-bond acceptors (Lipinski definition) is 5. The Kier molecular flexibility index (Phi) is 3.83. The number of aryl methyl sites for hydroxylation is 1. The molecule has 0 N–H and O–H groups in total. The molecule has 0 saturated heterocycles. The Bertz CT molecular complexity index is 1600. The molecule has 0 unspecified atom stereocenters. The Balaban J connectivity index is 1.69. The van der Waals surface area contributed by atoms with E-state index in [4.69, 9.17) is 8.94 Å². The monoisotopic (exact) mass is 426 g/mol. The largest absolute Gasteiger partial charge is 0.450 e. The van der Waals surface area contributed by atoms with E-state index in [2.05, 4.69) is 5.16 Å². The number of nitrogens with zero attached hydrogens (tertiary/aromatic N) is 2. The number of fused-ring (bicyclic) bond motifs is 4. The van der Waals surface area contributed by atoms with Gasteiger partial charge in [-0.2, -0.15) is 0 Å². The van der Waals surface area contributed by atoms with Gasteiger partial charge in [-0.15, -0.1) is 0 Å². The maximum Gasteiger partial charge on any atom is 0.296 e. The highest BCUT2D eigenvalue weighted by atomic mass is 19.1. The third kappa shape index (κ3) is 2.54. The second-order valence-corrected chi connectivity index (χ2v) is 7.76. The molecule has 0 fully saturated rings. The fraction of sp³-hybridized carbons (Fsp3) is 0.0800. The van der Waals surface area contributed by atoms with Crippen molar-refractivity contribution in [3.63, 3.8) is 0 Å². The van der Waals surface area contributed by atoms with Gasteiger partial charge in [0, 0.05) is 11.5 Å². The predicted octanol–water partition coefficient (Wildman–Crippen LogP) is 5.13. The van der Waals surface area contributed by atoms with Crippen molar-refractivity contribution >= 4 is 33.5 Å². The zero-order valence-corrected chi connectivity index (χ0v) is 16.8. The molecule has 0 bridgehead atoms. The summed E-state index contributed by atoms with van der Waals surface area (Å²) < 4.78 is 24.9. The van der Waals surface area contributed by atoms with Crippen LogP contribution in [0.1, 0.15) is 33.5 Å². The summed E-state index contributed by atoms with van der Waals surface area (Å²) in [6.07, 6.45) is 0. The van der Waals surface area contributed by atoms with Gasteiger partial charge in [0.15, 0.2) is 11.2 Å². The summed E-state index contributed by atoms with van der Waals surface area (Å²) in [5, 5.41) is 6.00. The van der Waals surface area contributed by atoms with Crippen LogP contribution in [0.2, 0.25) is 0 Å². The number of anilines is 1. The van der Waals surface area contributed by atoms with Crippen LogP contribution >= 0.6 is 0 Å². The van der Waals surface area contributed by atoms with E-state index in [-0.39, 0.29) is 22.6 Å². The fourth-order valence-corrected chi connectivity index (χ4v) is 4.36. The number of carbonyl (C=O) groups excluding carboxylic acids is 1. The van der Waals surface area contributed by atoms with E-state index < -0.39 is 17.8 Å². The van der Waals surface area contributed by atoms with Crippen molar-refractivity contribution in [2.24, 2.45) is 0 Å². The van der Waals surface area contributed by atoms with E-state index in [1.807, 2.05) is 30.3 Å². The zero-order valence-electron chi connectivity index (χ0n) is 16.8. The number of aromatic nitrogens is 1. The molecule has 0 spiro atoms. The molecule has 3 aromatic carbocycles. The molecule has 1 amide bonds. The second-order valence-electron chi connectivity index (χ2n) is 7.76. The highest BCUT2D eigenvalue weighted by Crippen LogP contribution is 2.41. The van der Waals surface area contributed by atoms with Gasteiger partial charge in [0.1, 0.15) is 17.2 Å². The van der Waals surface area contributed by atoms with Gasteiger partial charge in [0.2, 0.25) is 5.76 Å². The number of carbonyl (C=O) groups is 1. The Labute approximate surface area is 180 Å². The first-order valence-electron chi connectivity index (χ1n) is 10.0. The van der Waals surface area contributed by atoms with E-state index in [1.165, 1.54) is 17.0 Å². The smallest absolute Gasteiger partial charge is 0.296 e. The molecule has 3 heterocycles. The molecule has 0 aliphatic carbocycles. The van der Waals surface area contributed by atoms with Gasteiger partial charge in [0.25, 0.3) is 5.91 Å². The van der Waals surface area contributed by atoms with Gasteiger partial charge in [-0.1, -0.05) is 47.6 Å². The van der Waals surface area contributed by atoms with E-state index in [0.717, 1.165) is 10.8 Å². The molecule has 6 nitrogen and oxygen atoms in total. The number of rotatable bonds is 2. The molecule has 1 atom stereocenters. The summed E-state index contributed by atoms with van der Waals surface area (Å²) in [5.41, 5.74) is 0.810. The van der Waals surface area contributed by atoms with Gasteiger partial charge in [0.05, 0.1) is 17.0 Å². The lowest BCUT2D eigenvalue weighted by Gasteiger charge is -2.22. The first-order valence-corrected chi connectivity index (χ1v) is 10.0. The van der Waals surface area contributed by atoms with Gasteiger partial charge in [-0.05, 0) is 36.1 Å². The van der Waals surface area contributed by atoms with Crippen LogP contribution in [-0.2, 0) is 0 Å². The Morgan fingerprint density at radius 3 is 2.50 bits per heavy atom. The fourth-order valence-electron chi connectivity index (χ4n) is 4.36. The summed E-state index contributed by atoms with van der Waals surface area (Å²) in [7, 11) is 0. The maximum absolute atomic E-state index is 13.7. The van der Waals surface area contributed by atoms with Crippen LogP contribution in [0.3, 0.4) is 0 Å². The third-order valence-electron chi connectivity index (χ3n) is 5.81.